The summed E-state index contributed by atoms with van der Waals surface area (Å²) >= 11 is 0. The van der Waals surface area contributed by atoms with Gasteiger partial charge in [-0.25, -0.2) is 0 Å². The Morgan fingerprint density at radius 2 is 2.18 bits per heavy atom. The van der Waals surface area contributed by atoms with E-state index in [4.69, 9.17) is 6.92 Å². The van der Waals surface area contributed by atoms with Gasteiger partial charge < -0.3 is 0 Å². The van der Waals surface area contributed by atoms with E-state index in [0.717, 1.165) is 11.7 Å². The second-order valence-corrected chi connectivity index (χ2v) is 5.75. The van der Waals surface area contributed by atoms with Crippen LogP contribution in [0.25, 0.3) is 0 Å². The zero-order valence-corrected chi connectivity index (χ0v) is 8.55. The van der Waals surface area contributed by atoms with Gasteiger partial charge in [0, 0.05) is 11.0 Å². The molecule has 1 atom stereocenters. The predicted octanol–water partition coefficient (Wildman–Crippen LogP) is 3.80. The van der Waals surface area contributed by atoms with Crippen LogP contribution in [0.5, 0.6) is 0 Å². The third kappa shape index (κ3) is 4.32. The Hall–Kier alpha value is 0.700. The molecule has 1 heterocycles. The Bertz CT molecular complexity index is 87.6. The zero-order valence-electron chi connectivity index (χ0n) is 6.92. The maximum atomic E-state index is 5.41. The lowest BCUT2D eigenvalue weighted by molar-refractivity contribution is 0.625. The molecule has 2 radical (unpaired) electrons. The summed E-state index contributed by atoms with van der Waals surface area (Å²) in [7, 11) is 4.12. The minimum atomic E-state index is 0.868. The molecule has 1 unspecified atom stereocenters. The lowest BCUT2D eigenvalue weighted by atomic mass is 10.1. The normalized spacial score (nSPS) is 24.3. The monoisotopic (exact) mass is 188 g/mol. The van der Waals surface area contributed by atoms with E-state index in [2.05, 4.69) is 10.8 Å². The van der Waals surface area contributed by atoms with E-state index in [-0.39, 0.29) is 0 Å². The molecule has 1 aliphatic rings. The molecule has 0 N–H and O–H groups in total. The molecule has 0 bridgehead atoms. The highest BCUT2D eigenvalue weighted by Gasteiger charge is 2.15. The van der Waals surface area contributed by atoms with Crippen LogP contribution in [0.15, 0.2) is 0 Å². The summed E-state index contributed by atoms with van der Waals surface area (Å²) in [5.41, 5.74) is 0. The Balaban J connectivity index is 1.86. The van der Waals surface area contributed by atoms with Crippen LogP contribution in [0, 0.1) is 6.92 Å². The lowest BCUT2D eigenvalue weighted by Crippen LogP contribution is -1.96. The molecule has 0 saturated carbocycles. The van der Waals surface area contributed by atoms with Crippen molar-refractivity contribution >= 4 is 21.6 Å². The van der Waals surface area contributed by atoms with E-state index in [9.17, 15) is 0 Å². The zero-order chi connectivity index (χ0) is 7.94. The molecular weight excluding hydrogens is 172 g/mol. The topological polar surface area (TPSA) is 0 Å². The second-order valence-electron chi connectivity index (χ2n) is 2.97. The van der Waals surface area contributed by atoms with Crippen molar-refractivity contribution in [1.82, 2.24) is 0 Å². The molecule has 0 nitrogen and oxygen atoms in total. The molecule has 0 amide bonds. The molecule has 1 rings (SSSR count). The highest BCUT2D eigenvalue weighted by Crippen LogP contribution is 2.39. The molecule has 0 aromatic carbocycles. The fourth-order valence-electron chi connectivity index (χ4n) is 1.26. The van der Waals surface area contributed by atoms with Crippen LogP contribution in [0.3, 0.4) is 0 Å². The van der Waals surface area contributed by atoms with Crippen molar-refractivity contribution < 1.29 is 0 Å². The standard InChI is InChI=1S/C9H16S2/c1-2-3-4-5-6-9-7-8-10-11-9/h1,9H,2-8H2. The molecule has 11 heavy (non-hydrogen) atoms. The van der Waals surface area contributed by atoms with Gasteiger partial charge in [-0.05, 0) is 26.2 Å². The number of unbranched alkanes of at least 4 members (excludes halogenated alkanes) is 3. The first-order chi connectivity index (χ1) is 5.43. The molecular formula is C9H16S2. The van der Waals surface area contributed by atoms with Crippen LogP contribution in [0.1, 0.15) is 38.5 Å². The Labute approximate surface area is 78.3 Å². The number of hydrogen-bond donors (Lipinski definition) is 0. The fourth-order valence-corrected chi connectivity index (χ4v) is 4.29. The average Bonchev–Trinajstić information content (AvgIpc) is 2.50. The summed E-state index contributed by atoms with van der Waals surface area (Å²) in [6, 6.07) is 0. The van der Waals surface area contributed by atoms with E-state index in [1.165, 1.54) is 37.9 Å². The highest BCUT2D eigenvalue weighted by atomic mass is 33.1. The van der Waals surface area contributed by atoms with Crippen molar-refractivity contribution in [3.05, 3.63) is 6.92 Å². The third-order valence-electron chi connectivity index (χ3n) is 1.96. The Morgan fingerprint density at radius 1 is 1.27 bits per heavy atom. The molecule has 1 fully saturated rings. The van der Waals surface area contributed by atoms with Crippen LogP contribution in [-0.4, -0.2) is 11.0 Å². The van der Waals surface area contributed by atoms with Crippen molar-refractivity contribution in [2.75, 3.05) is 5.75 Å². The maximum absolute atomic E-state index is 5.41. The Kier molecular flexibility index (Phi) is 5.55. The van der Waals surface area contributed by atoms with Crippen molar-refractivity contribution in [2.24, 2.45) is 0 Å². The molecule has 1 saturated heterocycles. The summed E-state index contributed by atoms with van der Waals surface area (Å²) in [5.74, 6) is 1.37. The Morgan fingerprint density at radius 3 is 2.82 bits per heavy atom. The summed E-state index contributed by atoms with van der Waals surface area (Å²) in [6.45, 7) is 5.41. The first kappa shape index (κ1) is 9.79. The fraction of sp³-hybridized carbons (Fsp3) is 0.889. The average molecular weight is 188 g/mol. The maximum Gasteiger partial charge on any atom is 0.0159 e. The first-order valence-corrected chi connectivity index (χ1v) is 6.80. The van der Waals surface area contributed by atoms with Gasteiger partial charge in [-0.1, -0.05) is 40.9 Å². The van der Waals surface area contributed by atoms with Crippen LogP contribution < -0.4 is 0 Å². The quantitative estimate of drug-likeness (QED) is 0.475. The van der Waals surface area contributed by atoms with E-state index < -0.39 is 0 Å². The minimum Gasteiger partial charge on any atom is -0.0938 e. The van der Waals surface area contributed by atoms with E-state index >= 15 is 0 Å². The van der Waals surface area contributed by atoms with Crippen molar-refractivity contribution in [3.63, 3.8) is 0 Å². The van der Waals surface area contributed by atoms with Crippen molar-refractivity contribution in [2.45, 2.75) is 43.8 Å². The van der Waals surface area contributed by atoms with Crippen LogP contribution in [-0.2, 0) is 0 Å². The number of hydrogen-bond acceptors (Lipinski definition) is 2. The van der Waals surface area contributed by atoms with Crippen molar-refractivity contribution in [1.29, 1.82) is 0 Å². The van der Waals surface area contributed by atoms with Gasteiger partial charge in [-0.2, -0.15) is 0 Å². The van der Waals surface area contributed by atoms with Gasteiger partial charge in [0.1, 0.15) is 0 Å². The third-order valence-corrected chi connectivity index (χ3v) is 4.96. The van der Waals surface area contributed by atoms with Crippen LogP contribution in [0.2, 0.25) is 0 Å². The molecule has 0 aromatic rings. The summed E-state index contributed by atoms with van der Waals surface area (Å²) in [5, 5.41) is 0.956. The second kappa shape index (κ2) is 6.24. The van der Waals surface area contributed by atoms with E-state index in [1.54, 1.807) is 0 Å². The molecule has 0 aliphatic carbocycles. The molecule has 0 aromatic heterocycles. The summed E-state index contributed by atoms with van der Waals surface area (Å²) in [6.07, 6.45) is 7.64. The lowest BCUT2D eigenvalue weighted by Gasteiger charge is -2.05. The van der Waals surface area contributed by atoms with E-state index in [1.807, 2.05) is 10.8 Å². The first-order valence-electron chi connectivity index (χ1n) is 4.42. The van der Waals surface area contributed by atoms with Gasteiger partial charge >= 0.3 is 0 Å². The summed E-state index contributed by atoms with van der Waals surface area (Å²) < 4.78 is 0. The van der Waals surface area contributed by atoms with Gasteiger partial charge in [0.25, 0.3) is 0 Å². The van der Waals surface area contributed by atoms with Crippen LogP contribution in [0.4, 0.5) is 0 Å². The molecule has 0 spiro atoms. The molecule has 2 heteroatoms. The summed E-state index contributed by atoms with van der Waals surface area (Å²) in [4.78, 5) is 0. The van der Waals surface area contributed by atoms with Crippen molar-refractivity contribution in [3.8, 4) is 0 Å². The molecule has 1 aliphatic heterocycles. The van der Waals surface area contributed by atoms with Crippen LogP contribution >= 0.6 is 21.6 Å². The number of rotatable bonds is 5. The van der Waals surface area contributed by atoms with Gasteiger partial charge in [-0.15, -0.1) is 0 Å². The van der Waals surface area contributed by atoms with Gasteiger partial charge in [0.15, 0.2) is 0 Å². The highest BCUT2D eigenvalue weighted by molar-refractivity contribution is 8.77. The largest absolute Gasteiger partial charge is 0.0938 e. The van der Waals surface area contributed by atoms with E-state index in [0.29, 0.717) is 0 Å². The minimum absolute atomic E-state index is 0.868. The molecule has 64 valence electrons. The van der Waals surface area contributed by atoms with Gasteiger partial charge in [-0.3, -0.25) is 0 Å². The van der Waals surface area contributed by atoms with Gasteiger partial charge in [0.05, 0.1) is 0 Å². The van der Waals surface area contributed by atoms with Gasteiger partial charge in [0.2, 0.25) is 0 Å². The predicted molar refractivity (Wildman–Crippen MR) is 55.8 cm³/mol. The SMILES string of the molecule is [CH]CCCCCC1CCSS1. The smallest absolute Gasteiger partial charge is 0.0159 e.